The number of amides is 2. The van der Waals surface area contributed by atoms with Gasteiger partial charge < -0.3 is 10.6 Å². The molecule has 3 rings (SSSR count). The lowest BCUT2D eigenvalue weighted by atomic mass is 10.1. The largest absolute Gasteiger partial charge is 0.322 e. The molecule has 0 radical (unpaired) electrons. The van der Waals surface area contributed by atoms with Gasteiger partial charge in [-0.05, 0) is 30.3 Å². The van der Waals surface area contributed by atoms with Crippen molar-refractivity contribution in [3.63, 3.8) is 0 Å². The van der Waals surface area contributed by atoms with E-state index in [4.69, 9.17) is 11.6 Å². The fraction of sp³-hybridized carbons (Fsp3) is 0. The van der Waals surface area contributed by atoms with E-state index in [-0.39, 0.29) is 27.5 Å². The maximum absolute atomic E-state index is 12.6. The number of carbonyl (C=O) groups excluding carboxylic acids is 2. The molecular formula is C20H14ClN3O4. The number of benzene rings is 3. The number of nitro benzene ring substituents is 1. The summed E-state index contributed by atoms with van der Waals surface area (Å²) >= 11 is 6.01. The monoisotopic (exact) mass is 395 g/mol. The van der Waals surface area contributed by atoms with E-state index >= 15 is 0 Å². The maximum Gasteiger partial charge on any atom is 0.270 e. The Bertz CT molecular complexity index is 1050. The van der Waals surface area contributed by atoms with Crippen molar-refractivity contribution in [1.29, 1.82) is 0 Å². The third-order valence-corrected chi connectivity index (χ3v) is 4.19. The topological polar surface area (TPSA) is 101 Å². The first-order chi connectivity index (χ1) is 13.5. The molecule has 0 aliphatic carbocycles. The number of para-hydroxylation sites is 2. The van der Waals surface area contributed by atoms with Gasteiger partial charge in [0, 0.05) is 17.8 Å². The minimum atomic E-state index is -0.659. The van der Waals surface area contributed by atoms with E-state index < -0.39 is 16.7 Å². The molecule has 0 aliphatic rings. The molecule has 0 aromatic heterocycles. The molecule has 28 heavy (non-hydrogen) atoms. The second-order valence-electron chi connectivity index (χ2n) is 5.74. The Morgan fingerprint density at radius 2 is 1.46 bits per heavy atom. The molecule has 2 N–H and O–H groups in total. The summed E-state index contributed by atoms with van der Waals surface area (Å²) in [6.07, 6.45) is 0. The van der Waals surface area contributed by atoms with E-state index in [0.717, 1.165) is 6.07 Å². The Morgan fingerprint density at radius 1 is 0.821 bits per heavy atom. The standard InChI is InChI=1S/C20H14ClN3O4/c21-17-11-10-14(24(27)28)12-16(17)20(26)23-18-9-5-4-8-15(18)19(25)22-13-6-2-1-3-7-13/h1-12H,(H,22,25)(H,23,26). The predicted molar refractivity (Wildman–Crippen MR) is 107 cm³/mol. The van der Waals surface area contributed by atoms with Gasteiger partial charge in [0.25, 0.3) is 17.5 Å². The van der Waals surface area contributed by atoms with Gasteiger partial charge in [0.1, 0.15) is 0 Å². The fourth-order valence-electron chi connectivity index (χ4n) is 2.50. The zero-order chi connectivity index (χ0) is 20.1. The molecule has 3 aromatic carbocycles. The van der Waals surface area contributed by atoms with E-state index in [1.807, 2.05) is 6.07 Å². The number of anilines is 2. The third kappa shape index (κ3) is 4.33. The average molecular weight is 396 g/mol. The Balaban J connectivity index is 1.85. The van der Waals surface area contributed by atoms with Crippen molar-refractivity contribution in [3.05, 3.63) is 99.1 Å². The summed E-state index contributed by atoms with van der Waals surface area (Å²) in [6, 6.07) is 18.9. The van der Waals surface area contributed by atoms with Crippen LogP contribution >= 0.6 is 11.6 Å². The number of nitrogens with one attached hydrogen (secondary N) is 2. The predicted octanol–water partition coefficient (Wildman–Crippen LogP) is 4.75. The van der Waals surface area contributed by atoms with Gasteiger partial charge in [0.05, 0.1) is 26.8 Å². The van der Waals surface area contributed by atoms with E-state index in [2.05, 4.69) is 10.6 Å². The summed E-state index contributed by atoms with van der Waals surface area (Å²) in [5.74, 6) is -1.07. The van der Waals surface area contributed by atoms with Gasteiger partial charge in [-0.15, -0.1) is 0 Å². The lowest BCUT2D eigenvalue weighted by Crippen LogP contribution is -2.18. The van der Waals surface area contributed by atoms with Crippen LogP contribution in [0.5, 0.6) is 0 Å². The maximum atomic E-state index is 12.6. The summed E-state index contributed by atoms with van der Waals surface area (Å²) in [5, 5.41) is 16.3. The van der Waals surface area contributed by atoms with Crippen molar-refractivity contribution >= 4 is 40.5 Å². The summed E-state index contributed by atoms with van der Waals surface area (Å²) in [6.45, 7) is 0. The molecule has 0 atom stereocenters. The molecule has 0 aliphatic heterocycles. The lowest BCUT2D eigenvalue weighted by Gasteiger charge is -2.12. The smallest absolute Gasteiger partial charge is 0.270 e. The van der Waals surface area contributed by atoms with Crippen LogP contribution in [0.25, 0.3) is 0 Å². The number of nitro groups is 1. The molecule has 2 amide bonds. The second kappa shape index (κ2) is 8.32. The highest BCUT2D eigenvalue weighted by atomic mass is 35.5. The van der Waals surface area contributed by atoms with E-state index in [1.165, 1.54) is 12.1 Å². The molecule has 0 saturated heterocycles. The van der Waals surface area contributed by atoms with E-state index in [0.29, 0.717) is 5.69 Å². The highest BCUT2D eigenvalue weighted by Crippen LogP contribution is 2.24. The highest BCUT2D eigenvalue weighted by molar-refractivity contribution is 6.34. The van der Waals surface area contributed by atoms with Gasteiger partial charge in [0.15, 0.2) is 0 Å². The molecule has 8 heteroatoms. The summed E-state index contributed by atoms with van der Waals surface area (Å²) in [5.41, 5.74) is 0.777. The van der Waals surface area contributed by atoms with Crippen LogP contribution in [-0.2, 0) is 0 Å². The van der Waals surface area contributed by atoms with Crippen molar-refractivity contribution in [3.8, 4) is 0 Å². The molecule has 0 heterocycles. The molecular weight excluding hydrogens is 382 g/mol. The molecule has 0 spiro atoms. The highest BCUT2D eigenvalue weighted by Gasteiger charge is 2.18. The Hall–Kier alpha value is -3.71. The molecule has 140 valence electrons. The number of hydrogen-bond acceptors (Lipinski definition) is 4. The third-order valence-electron chi connectivity index (χ3n) is 3.86. The van der Waals surface area contributed by atoms with Crippen molar-refractivity contribution in [2.75, 3.05) is 10.6 Å². The van der Waals surface area contributed by atoms with Crippen molar-refractivity contribution in [1.82, 2.24) is 0 Å². The minimum Gasteiger partial charge on any atom is -0.322 e. The molecule has 0 fully saturated rings. The Morgan fingerprint density at radius 3 is 2.18 bits per heavy atom. The van der Waals surface area contributed by atoms with Crippen LogP contribution in [0.15, 0.2) is 72.8 Å². The van der Waals surface area contributed by atoms with Gasteiger partial charge in [-0.1, -0.05) is 41.9 Å². The molecule has 7 nitrogen and oxygen atoms in total. The van der Waals surface area contributed by atoms with Gasteiger partial charge in [-0.3, -0.25) is 19.7 Å². The van der Waals surface area contributed by atoms with Gasteiger partial charge in [-0.25, -0.2) is 0 Å². The quantitative estimate of drug-likeness (QED) is 0.480. The summed E-state index contributed by atoms with van der Waals surface area (Å²) < 4.78 is 0. The number of non-ortho nitro benzene ring substituents is 1. The number of carbonyl (C=O) groups is 2. The summed E-state index contributed by atoms with van der Waals surface area (Å²) in [4.78, 5) is 35.5. The van der Waals surface area contributed by atoms with Gasteiger partial charge >= 0.3 is 0 Å². The number of nitrogens with zero attached hydrogens (tertiary/aromatic N) is 1. The van der Waals surface area contributed by atoms with Crippen LogP contribution in [0.3, 0.4) is 0 Å². The van der Waals surface area contributed by atoms with Crippen molar-refractivity contribution in [2.24, 2.45) is 0 Å². The molecule has 3 aromatic rings. The van der Waals surface area contributed by atoms with Crippen LogP contribution < -0.4 is 10.6 Å². The Kier molecular flexibility index (Phi) is 5.67. The normalized spacial score (nSPS) is 10.2. The zero-order valence-corrected chi connectivity index (χ0v) is 15.1. The van der Waals surface area contributed by atoms with Gasteiger partial charge in [-0.2, -0.15) is 0 Å². The average Bonchev–Trinajstić information content (AvgIpc) is 2.69. The number of rotatable bonds is 5. The molecule has 0 bridgehead atoms. The lowest BCUT2D eigenvalue weighted by molar-refractivity contribution is -0.384. The Labute approximate surface area is 165 Å². The van der Waals surface area contributed by atoms with E-state index in [9.17, 15) is 19.7 Å². The fourth-order valence-corrected chi connectivity index (χ4v) is 2.70. The number of hydrogen-bond donors (Lipinski definition) is 2. The van der Waals surface area contributed by atoms with Crippen LogP contribution in [-0.4, -0.2) is 16.7 Å². The van der Waals surface area contributed by atoms with Crippen molar-refractivity contribution < 1.29 is 14.5 Å². The molecule has 0 unspecified atom stereocenters. The second-order valence-corrected chi connectivity index (χ2v) is 6.15. The molecule has 0 saturated carbocycles. The van der Waals surface area contributed by atoms with E-state index in [1.54, 1.807) is 48.5 Å². The van der Waals surface area contributed by atoms with Crippen LogP contribution in [0.2, 0.25) is 5.02 Å². The zero-order valence-electron chi connectivity index (χ0n) is 14.4. The number of halogens is 1. The van der Waals surface area contributed by atoms with Crippen LogP contribution in [0.1, 0.15) is 20.7 Å². The minimum absolute atomic E-state index is 0.0610. The van der Waals surface area contributed by atoms with Crippen LogP contribution in [0.4, 0.5) is 17.1 Å². The first-order valence-corrected chi connectivity index (χ1v) is 8.54. The first-order valence-electron chi connectivity index (χ1n) is 8.16. The van der Waals surface area contributed by atoms with Gasteiger partial charge in [0.2, 0.25) is 0 Å². The van der Waals surface area contributed by atoms with Crippen LogP contribution in [0, 0.1) is 10.1 Å². The van der Waals surface area contributed by atoms with Crippen molar-refractivity contribution in [2.45, 2.75) is 0 Å². The first kappa shape index (κ1) is 19.1. The SMILES string of the molecule is O=C(Nc1ccccc1C(=O)Nc1ccccc1)c1cc([N+](=O)[O-])ccc1Cl. The summed E-state index contributed by atoms with van der Waals surface area (Å²) in [7, 11) is 0.